The van der Waals surface area contributed by atoms with Crippen LogP contribution >= 0.6 is 0 Å². The molecule has 0 spiro atoms. The average Bonchev–Trinajstić information content (AvgIpc) is 2.26. The highest BCUT2D eigenvalue weighted by Gasteiger charge is 2.05. The lowest BCUT2D eigenvalue weighted by Gasteiger charge is -2.08. The molecule has 0 N–H and O–H groups in total. The summed E-state index contributed by atoms with van der Waals surface area (Å²) in [6.45, 7) is 3.46. The minimum atomic E-state index is -0.439. The smallest absolute Gasteiger partial charge is 0.115 e. The van der Waals surface area contributed by atoms with Gasteiger partial charge in [0.05, 0.1) is 0 Å². The predicted molar refractivity (Wildman–Crippen MR) is 64.1 cm³/mol. The quantitative estimate of drug-likeness (QED) is 0.669. The number of aliphatic imine (C=N–C) groups is 1. The minimum Gasteiger partial charge on any atom is -0.296 e. The number of nitrogens with zero attached hydrogens (tertiary/aromatic N) is 1. The number of halogens is 1. The molecule has 0 bridgehead atoms. The molecule has 0 aromatic heterocycles. The lowest BCUT2D eigenvalue weighted by Crippen LogP contribution is -1.93. The Morgan fingerprint density at radius 2 is 2.20 bits per heavy atom. The second-order valence-corrected chi connectivity index (χ2v) is 3.43. The zero-order valence-electron chi connectivity index (χ0n) is 9.42. The van der Waals surface area contributed by atoms with Gasteiger partial charge in [0.15, 0.2) is 0 Å². The molecule has 0 amide bonds. The van der Waals surface area contributed by atoms with Crippen LogP contribution < -0.4 is 0 Å². The lowest BCUT2D eigenvalue weighted by atomic mass is 9.99. The molecule has 2 heteroatoms. The summed E-state index contributed by atoms with van der Waals surface area (Å²) in [6, 6.07) is 5.81. The minimum absolute atomic E-state index is 0.439. The van der Waals surface area contributed by atoms with Crippen LogP contribution in [0.25, 0.3) is 5.57 Å². The number of rotatable bonds is 3. The number of hydrogen-bond donors (Lipinski definition) is 0. The van der Waals surface area contributed by atoms with Crippen molar-refractivity contribution < 1.29 is 4.39 Å². The van der Waals surface area contributed by atoms with E-state index in [0.29, 0.717) is 0 Å². The number of benzene rings is 1. The summed E-state index contributed by atoms with van der Waals surface area (Å²) in [4.78, 5) is 3.97. The first-order valence-corrected chi connectivity index (χ1v) is 4.97. The second kappa shape index (κ2) is 5.44. The summed E-state index contributed by atoms with van der Waals surface area (Å²) in [5.74, 6) is 0. The van der Waals surface area contributed by atoms with E-state index >= 15 is 0 Å². The third-order valence-corrected chi connectivity index (χ3v) is 2.29. The van der Waals surface area contributed by atoms with Crippen molar-refractivity contribution in [2.24, 2.45) is 4.99 Å². The normalized spacial score (nSPS) is 12.4. The van der Waals surface area contributed by atoms with Gasteiger partial charge in [-0.3, -0.25) is 4.99 Å². The lowest BCUT2D eigenvalue weighted by molar-refractivity contribution is 0.484. The van der Waals surface area contributed by atoms with Crippen molar-refractivity contribution in [1.29, 1.82) is 0 Å². The van der Waals surface area contributed by atoms with Gasteiger partial charge in [-0.1, -0.05) is 29.8 Å². The predicted octanol–water partition coefficient (Wildman–Crippen LogP) is 3.57. The molecule has 0 unspecified atom stereocenters. The van der Waals surface area contributed by atoms with Crippen molar-refractivity contribution in [2.75, 3.05) is 7.05 Å². The second-order valence-electron chi connectivity index (χ2n) is 3.43. The largest absolute Gasteiger partial charge is 0.296 e. The fourth-order valence-electron chi connectivity index (χ4n) is 1.55. The van der Waals surface area contributed by atoms with Gasteiger partial charge >= 0.3 is 0 Å². The van der Waals surface area contributed by atoms with Crippen LogP contribution in [-0.4, -0.2) is 13.3 Å². The summed E-state index contributed by atoms with van der Waals surface area (Å²) in [6.07, 6.45) is 3.70. The van der Waals surface area contributed by atoms with E-state index in [1.165, 1.54) is 0 Å². The topological polar surface area (TPSA) is 12.4 Å². The Labute approximate surface area is 90.4 Å². The number of alkyl halides is 1. The zero-order chi connectivity index (χ0) is 11.3. The number of aryl methyl sites for hydroxylation is 1. The van der Waals surface area contributed by atoms with Gasteiger partial charge in [0.1, 0.15) is 6.67 Å². The Hall–Kier alpha value is -1.44. The molecule has 0 aliphatic carbocycles. The molecule has 0 atom stereocenters. The summed E-state index contributed by atoms with van der Waals surface area (Å²) in [7, 11) is 1.72. The summed E-state index contributed by atoms with van der Waals surface area (Å²) >= 11 is 0. The fourth-order valence-corrected chi connectivity index (χ4v) is 1.55. The molecule has 0 aliphatic rings. The molecule has 0 aliphatic heterocycles. The highest BCUT2D eigenvalue weighted by molar-refractivity contribution is 6.10. The molecule has 1 aromatic carbocycles. The molecule has 0 heterocycles. The molecule has 1 aromatic rings. The Kier molecular flexibility index (Phi) is 4.22. The maximum atomic E-state index is 12.8. The third kappa shape index (κ3) is 2.75. The number of allylic oxidation sites excluding steroid dienone is 2. The molecule has 1 rings (SSSR count). The van der Waals surface area contributed by atoms with Crippen LogP contribution in [0.5, 0.6) is 0 Å². The molecule has 0 saturated heterocycles. The van der Waals surface area contributed by atoms with E-state index in [-0.39, 0.29) is 0 Å². The van der Waals surface area contributed by atoms with Crippen molar-refractivity contribution in [3.8, 4) is 0 Å². The first-order valence-electron chi connectivity index (χ1n) is 4.97. The van der Waals surface area contributed by atoms with Gasteiger partial charge in [-0.05, 0) is 30.5 Å². The van der Waals surface area contributed by atoms with Crippen LogP contribution in [0.1, 0.15) is 23.6 Å². The van der Waals surface area contributed by atoms with Gasteiger partial charge < -0.3 is 0 Å². The molecule has 80 valence electrons. The van der Waals surface area contributed by atoms with Gasteiger partial charge in [-0.15, -0.1) is 0 Å². The summed E-state index contributed by atoms with van der Waals surface area (Å²) in [5.41, 5.74) is 3.69. The maximum Gasteiger partial charge on any atom is 0.115 e. The fraction of sp³-hybridized carbons (Fsp3) is 0.308. The highest BCUT2D eigenvalue weighted by atomic mass is 19.1. The first-order chi connectivity index (χ1) is 7.22. The van der Waals surface area contributed by atoms with E-state index in [0.717, 1.165) is 22.3 Å². The Balaban J connectivity index is 3.23. The van der Waals surface area contributed by atoms with Crippen molar-refractivity contribution in [3.63, 3.8) is 0 Å². The van der Waals surface area contributed by atoms with Crippen LogP contribution in [-0.2, 0) is 6.67 Å². The maximum absolute atomic E-state index is 12.8. The Morgan fingerprint density at radius 1 is 1.47 bits per heavy atom. The molecule has 0 saturated carbocycles. The van der Waals surface area contributed by atoms with Crippen LogP contribution in [0.3, 0.4) is 0 Å². The van der Waals surface area contributed by atoms with Crippen LogP contribution in [0.2, 0.25) is 0 Å². The van der Waals surface area contributed by atoms with Crippen LogP contribution in [0.4, 0.5) is 4.39 Å². The molecule has 1 nitrogen and oxygen atoms in total. The van der Waals surface area contributed by atoms with Gasteiger partial charge in [0.25, 0.3) is 0 Å². The van der Waals surface area contributed by atoms with Crippen molar-refractivity contribution in [2.45, 2.75) is 20.5 Å². The van der Waals surface area contributed by atoms with Gasteiger partial charge in [-0.2, -0.15) is 0 Å². The third-order valence-electron chi connectivity index (χ3n) is 2.29. The van der Waals surface area contributed by atoms with E-state index in [4.69, 9.17) is 0 Å². The molecule has 15 heavy (non-hydrogen) atoms. The van der Waals surface area contributed by atoms with Crippen LogP contribution in [0.15, 0.2) is 29.3 Å². The van der Waals surface area contributed by atoms with Crippen molar-refractivity contribution in [3.05, 3.63) is 41.0 Å². The van der Waals surface area contributed by atoms with E-state index in [1.807, 2.05) is 38.1 Å². The molecule has 0 fully saturated rings. The Morgan fingerprint density at radius 3 is 2.73 bits per heavy atom. The monoisotopic (exact) mass is 205 g/mol. The summed E-state index contributed by atoms with van der Waals surface area (Å²) < 4.78 is 12.8. The molecule has 0 radical (unpaired) electrons. The van der Waals surface area contributed by atoms with Crippen LogP contribution in [0, 0.1) is 6.92 Å². The summed E-state index contributed by atoms with van der Waals surface area (Å²) in [5, 5.41) is 0. The highest BCUT2D eigenvalue weighted by Crippen LogP contribution is 2.20. The number of hydrogen-bond acceptors (Lipinski definition) is 1. The molecular weight excluding hydrogens is 189 g/mol. The van der Waals surface area contributed by atoms with E-state index in [2.05, 4.69) is 4.99 Å². The van der Waals surface area contributed by atoms with Gasteiger partial charge in [0, 0.05) is 13.3 Å². The molecular formula is C13H16FN. The van der Waals surface area contributed by atoms with Crippen molar-refractivity contribution >= 4 is 11.8 Å². The van der Waals surface area contributed by atoms with Crippen molar-refractivity contribution in [1.82, 2.24) is 0 Å². The van der Waals surface area contributed by atoms with Gasteiger partial charge in [-0.25, -0.2) is 4.39 Å². The van der Waals surface area contributed by atoms with Gasteiger partial charge in [0.2, 0.25) is 0 Å². The average molecular weight is 205 g/mol. The first kappa shape index (κ1) is 11.6. The van der Waals surface area contributed by atoms with E-state index < -0.39 is 6.67 Å². The Bertz CT molecular complexity index is 392. The van der Waals surface area contributed by atoms with E-state index in [1.54, 1.807) is 13.3 Å². The zero-order valence-corrected chi connectivity index (χ0v) is 9.42. The SMILES string of the molecule is C/C=C(\C=NC)c1ccc(C)cc1CF. The standard InChI is InChI=1S/C13H16FN/c1-4-11(9-15-3)13-6-5-10(2)7-12(13)8-14/h4-7,9H,8H2,1-3H3/b11-4+,15-9?. The van der Waals surface area contributed by atoms with E-state index in [9.17, 15) is 4.39 Å².